The minimum absolute atomic E-state index is 0.590. The van der Waals surface area contributed by atoms with Crippen LogP contribution in [0.4, 0.5) is 12.9 Å². The Labute approximate surface area is 59.8 Å². The van der Waals surface area contributed by atoms with Gasteiger partial charge in [-0.1, -0.05) is 5.46 Å². The minimum Gasteiger partial charge on any atom is -0.456 e. The molecule has 0 unspecified atom stereocenters. The Bertz CT molecular complexity index is 231. The van der Waals surface area contributed by atoms with Crippen LogP contribution in [0.1, 0.15) is 0 Å². The highest BCUT2D eigenvalue weighted by atomic mass is 35.5. The molecule has 0 aliphatic carbocycles. The molecular formula is C4H2BClF3O-. The van der Waals surface area contributed by atoms with E-state index in [1.54, 1.807) is 0 Å². The average molecular weight is 169 g/mol. The van der Waals surface area contributed by atoms with E-state index >= 15 is 0 Å². The summed E-state index contributed by atoms with van der Waals surface area (Å²) >= 11 is 5.05. The average Bonchev–Trinajstić information content (AvgIpc) is 2.11. The number of hydrogen-bond donors (Lipinski definition) is 0. The number of hydrogen-bond acceptors (Lipinski definition) is 1. The largest absolute Gasteiger partial charge is 0.514 e. The van der Waals surface area contributed by atoms with Crippen molar-refractivity contribution in [3.8, 4) is 0 Å². The predicted molar refractivity (Wildman–Crippen MR) is 32.4 cm³/mol. The molecule has 0 bridgehead atoms. The number of furan rings is 1. The lowest BCUT2D eigenvalue weighted by molar-refractivity contribution is 0.498. The van der Waals surface area contributed by atoms with Crippen LogP contribution in [0.3, 0.4) is 0 Å². The molecule has 0 amide bonds. The summed E-state index contributed by atoms with van der Waals surface area (Å²) in [5.41, 5.74) is -0.873. The first-order valence-electron chi connectivity index (χ1n) is 2.44. The van der Waals surface area contributed by atoms with Crippen LogP contribution in [0.25, 0.3) is 0 Å². The van der Waals surface area contributed by atoms with Gasteiger partial charge in [0.2, 0.25) is 0 Å². The van der Waals surface area contributed by atoms with Gasteiger partial charge in [-0.25, -0.2) is 0 Å². The van der Waals surface area contributed by atoms with E-state index in [0.29, 0.717) is 0 Å². The first kappa shape index (κ1) is 7.53. The van der Waals surface area contributed by atoms with Crippen LogP contribution in [0.5, 0.6) is 0 Å². The third kappa shape index (κ3) is 1.29. The second-order valence-electron chi connectivity index (χ2n) is 1.72. The maximum Gasteiger partial charge on any atom is 0.514 e. The molecule has 0 aromatic carbocycles. The van der Waals surface area contributed by atoms with Crippen molar-refractivity contribution in [3.63, 3.8) is 0 Å². The molecular weight excluding hydrogens is 167 g/mol. The molecule has 1 heterocycles. The van der Waals surface area contributed by atoms with Crippen LogP contribution >= 0.6 is 11.6 Å². The van der Waals surface area contributed by atoms with Crippen molar-refractivity contribution < 1.29 is 17.4 Å². The maximum absolute atomic E-state index is 11.8. The zero-order chi connectivity index (χ0) is 7.78. The topological polar surface area (TPSA) is 13.1 Å². The second kappa shape index (κ2) is 2.23. The summed E-state index contributed by atoms with van der Waals surface area (Å²) in [6.07, 6.45) is 0.910. The van der Waals surface area contributed by atoms with Gasteiger partial charge in [0, 0.05) is 0 Å². The van der Waals surface area contributed by atoms with Gasteiger partial charge in [-0.3, -0.25) is 0 Å². The van der Waals surface area contributed by atoms with E-state index in [-0.39, 0.29) is 0 Å². The van der Waals surface area contributed by atoms with Gasteiger partial charge in [0.25, 0.3) is 0 Å². The Morgan fingerprint density at radius 1 is 1.40 bits per heavy atom. The molecule has 1 aromatic rings. The third-order valence-electron chi connectivity index (χ3n) is 0.999. The van der Waals surface area contributed by atoms with Crippen molar-refractivity contribution in [2.45, 2.75) is 0 Å². The van der Waals surface area contributed by atoms with Gasteiger partial charge < -0.3 is 17.4 Å². The van der Waals surface area contributed by atoms with Gasteiger partial charge in [0.05, 0.1) is 6.26 Å². The molecule has 0 atom stereocenters. The molecule has 0 spiro atoms. The monoisotopic (exact) mass is 169 g/mol. The van der Waals surface area contributed by atoms with Crippen LogP contribution in [-0.4, -0.2) is 6.98 Å². The Kier molecular flexibility index (Phi) is 1.68. The molecule has 0 saturated heterocycles. The van der Waals surface area contributed by atoms with Crippen molar-refractivity contribution in [1.82, 2.24) is 0 Å². The van der Waals surface area contributed by atoms with Crippen molar-refractivity contribution in [2.24, 2.45) is 0 Å². The lowest BCUT2D eigenvalue weighted by atomic mass is 9.83. The quantitative estimate of drug-likeness (QED) is 0.586. The highest BCUT2D eigenvalue weighted by Gasteiger charge is 2.29. The molecule has 10 heavy (non-hydrogen) atoms. The number of halogens is 4. The summed E-state index contributed by atoms with van der Waals surface area (Å²) in [5, 5.41) is -0.590. The van der Waals surface area contributed by atoms with Crippen molar-refractivity contribution in [1.29, 1.82) is 0 Å². The second-order valence-corrected chi connectivity index (χ2v) is 2.07. The number of rotatable bonds is 1. The summed E-state index contributed by atoms with van der Waals surface area (Å²) in [5.74, 6) is 0. The van der Waals surface area contributed by atoms with Crippen LogP contribution in [-0.2, 0) is 0 Å². The smallest absolute Gasteiger partial charge is 0.456 e. The molecule has 6 heteroatoms. The van der Waals surface area contributed by atoms with Crippen LogP contribution in [0.15, 0.2) is 16.7 Å². The fourth-order valence-corrected chi connectivity index (χ4v) is 0.777. The maximum atomic E-state index is 11.8. The van der Waals surface area contributed by atoms with Crippen LogP contribution < -0.4 is 5.46 Å². The van der Waals surface area contributed by atoms with E-state index in [1.165, 1.54) is 0 Å². The fraction of sp³-hybridized carbons (Fsp3) is 0. The summed E-state index contributed by atoms with van der Waals surface area (Å²) < 4.78 is 39.7. The first-order chi connectivity index (χ1) is 4.52. The Morgan fingerprint density at radius 3 is 2.20 bits per heavy atom. The summed E-state index contributed by atoms with van der Waals surface area (Å²) in [6.45, 7) is -5.02. The molecule has 0 aliphatic rings. The van der Waals surface area contributed by atoms with Gasteiger partial charge in [0.1, 0.15) is 0 Å². The van der Waals surface area contributed by atoms with E-state index < -0.39 is 17.7 Å². The zero-order valence-electron chi connectivity index (χ0n) is 4.65. The van der Waals surface area contributed by atoms with E-state index in [2.05, 4.69) is 4.42 Å². The summed E-state index contributed by atoms with van der Waals surface area (Å²) in [7, 11) is 0. The summed E-state index contributed by atoms with van der Waals surface area (Å²) in [4.78, 5) is 0. The normalized spacial score (nSPS) is 12.0. The fourth-order valence-electron chi connectivity index (χ4n) is 0.538. The Hall–Kier alpha value is -0.575. The van der Waals surface area contributed by atoms with Crippen LogP contribution in [0.2, 0.25) is 5.22 Å². The van der Waals surface area contributed by atoms with Crippen molar-refractivity contribution in [2.75, 3.05) is 0 Å². The van der Waals surface area contributed by atoms with E-state index in [9.17, 15) is 12.9 Å². The molecule has 1 aromatic heterocycles. The Balaban J connectivity index is 3.05. The molecule has 1 nitrogen and oxygen atoms in total. The molecule has 56 valence electrons. The van der Waals surface area contributed by atoms with Gasteiger partial charge in [-0.2, -0.15) is 0 Å². The van der Waals surface area contributed by atoms with Gasteiger partial charge in [0.15, 0.2) is 5.22 Å². The zero-order valence-corrected chi connectivity index (χ0v) is 5.41. The van der Waals surface area contributed by atoms with Crippen molar-refractivity contribution in [3.05, 3.63) is 17.5 Å². The SMILES string of the molecule is F[B-](F)(F)c1ccoc1Cl. The highest BCUT2D eigenvalue weighted by molar-refractivity contribution is 6.75. The summed E-state index contributed by atoms with van der Waals surface area (Å²) in [6, 6.07) is 0.808. The van der Waals surface area contributed by atoms with Gasteiger partial charge in [-0.05, 0) is 17.7 Å². The van der Waals surface area contributed by atoms with Crippen molar-refractivity contribution >= 4 is 24.0 Å². The van der Waals surface area contributed by atoms with Crippen LogP contribution in [0, 0.1) is 0 Å². The molecule has 0 saturated carbocycles. The molecule has 0 N–H and O–H groups in total. The van der Waals surface area contributed by atoms with Gasteiger partial charge in [-0.15, -0.1) is 0 Å². The van der Waals surface area contributed by atoms with E-state index in [4.69, 9.17) is 11.6 Å². The molecule has 1 rings (SSSR count). The standard InChI is InChI=1S/C4H2BClF3O/c6-4-3(1-2-10-4)5(7,8)9/h1-2H/q-1. The lowest BCUT2D eigenvalue weighted by Crippen LogP contribution is -2.33. The van der Waals surface area contributed by atoms with E-state index in [1.807, 2.05) is 0 Å². The van der Waals surface area contributed by atoms with E-state index in [0.717, 1.165) is 12.3 Å². The third-order valence-corrected chi connectivity index (χ3v) is 1.31. The molecule has 0 radical (unpaired) electrons. The molecule has 0 aliphatic heterocycles. The molecule has 0 fully saturated rings. The lowest BCUT2D eigenvalue weighted by Gasteiger charge is -2.10. The Morgan fingerprint density at radius 2 is 2.00 bits per heavy atom. The minimum atomic E-state index is -5.02. The first-order valence-corrected chi connectivity index (χ1v) is 2.82. The predicted octanol–water partition coefficient (Wildman–Crippen LogP) is 1.99. The highest BCUT2D eigenvalue weighted by Crippen LogP contribution is 2.16. The van der Waals surface area contributed by atoms with Gasteiger partial charge >= 0.3 is 6.98 Å².